The van der Waals surface area contributed by atoms with Crippen LogP contribution < -0.4 is 10.6 Å². The summed E-state index contributed by atoms with van der Waals surface area (Å²) in [5.41, 5.74) is -0.460. The molecule has 0 spiro atoms. The Morgan fingerprint density at radius 3 is 2.64 bits per heavy atom. The Hall–Kier alpha value is -1.56. The Balaban J connectivity index is 2.25. The van der Waals surface area contributed by atoms with Gasteiger partial charge in [0, 0.05) is 31.9 Å². The summed E-state index contributed by atoms with van der Waals surface area (Å²) in [5.74, 6) is 1.83. The summed E-state index contributed by atoms with van der Waals surface area (Å²) < 4.78 is 5.26. The molecule has 0 saturated heterocycles. The van der Waals surface area contributed by atoms with Crippen molar-refractivity contribution in [2.45, 2.75) is 46.6 Å². The molecular formula is C16H30N4O2. The van der Waals surface area contributed by atoms with E-state index in [1.165, 1.54) is 0 Å². The Morgan fingerprint density at radius 1 is 1.36 bits per heavy atom. The summed E-state index contributed by atoms with van der Waals surface area (Å²) in [6, 6.07) is 0. The average Bonchev–Trinajstić information content (AvgIpc) is 2.88. The highest BCUT2D eigenvalue weighted by molar-refractivity contribution is 5.67. The molecule has 0 aliphatic rings. The van der Waals surface area contributed by atoms with Crippen LogP contribution in [0.5, 0.6) is 0 Å². The number of aromatic nitrogens is 2. The van der Waals surface area contributed by atoms with E-state index in [1.54, 1.807) is 6.20 Å². The molecule has 1 heterocycles. The van der Waals surface area contributed by atoms with Crippen LogP contribution in [0.3, 0.4) is 0 Å². The maximum atomic E-state index is 11.7. The van der Waals surface area contributed by atoms with Gasteiger partial charge in [-0.15, -0.1) is 0 Å². The lowest BCUT2D eigenvalue weighted by Crippen LogP contribution is -2.39. The van der Waals surface area contributed by atoms with Crippen molar-refractivity contribution in [2.24, 2.45) is 11.8 Å². The average molecular weight is 310 g/mol. The predicted molar refractivity (Wildman–Crippen MR) is 87.7 cm³/mol. The SMILES string of the molecule is CC(C)C(CNCCc1ncc[nH]1)CNC(=O)OC(C)(C)C. The first-order valence-electron chi connectivity index (χ1n) is 7.93. The van der Waals surface area contributed by atoms with Crippen LogP contribution in [0.25, 0.3) is 0 Å². The molecule has 6 heteroatoms. The van der Waals surface area contributed by atoms with E-state index in [4.69, 9.17) is 4.74 Å². The van der Waals surface area contributed by atoms with Gasteiger partial charge in [0.25, 0.3) is 0 Å². The van der Waals surface area contributed by atoms with Crippen molar-refractivity contribution in [1.29, 1.82) is 0 Å². The highest BCUT2D eigenvalue weighted by atomic mass is 16.6. The molecule has 22 heavy (non-hydrogen) atoms. The summed E-state index contributed by atoms with van der Waals surface area (Å²) in [6.07, 6.45) is 4.11. The van der Waals surface area contributed by atoms with Gasteiger partial charge in [0.1, 0.15) is 11.4 Å². The fraction of sp³-hybridized carbons (Fsp3) is 0.750. The van der Waals surface area contributed by atoms with Crippen molar-refractivity contribution in [3.63, 3.8) is 0 Å². The van der Waals surface area contributed by atoms with E-state index >= 15 is 0 Å². The van der Waals surface area contributed by atoms with Crippen molar-refractivity contribution in [1.82, 2.24) is 20.6 Å². The summed E-state index contributed by atoms with van der Waals surface area (Å²) in [4.78, 5) is 19.0. The van der Waals surface area contributed by atoms with Gasteiger partial charge in [-0.3, -0.25) is 0 Å². The molecule has 0 aliphatic carbocycles. The minimum atomic E-state index is -0.460. The first-order valence-corrected chi connectivity index (χ1v) is 7.93. The Kier molecular flexibility index (Phi) is 7.38. The lowest BCUT2D eigenvalue weighted by Gasteiger charge is -2.24. The van der Waals surface area contributed by atoms with E-state index in [2.05, 4.69) is 34.4 Å². The molecule has 1 unspecified atom stereocenters. The summed E-state index contributed by atoms with van der Waals surface area (Å²) in [5, 5.41) is 6.28. The number of aromatic amines is 1. The quantitative estimate of drug-likeness (QED) is 0.644. The van der Waals surface area contributed by atoms with Crippen molar-refractivity contribution >= 4 is 6.09 Å². The van der Waals surface area contributed by atoms with Gasteiger partial charge in [0.2, 0.25) is 0 Å². The highest BCUT2D eigenvalue weighted by Gasteiger charge is 2.18. The number of ether oxygens (including phenoxy) is 1. The van der Waals surface area contributed by atoms with Crippen molar-refractivity contribution in [2.75, 3.05) is 19.6 Å². The van der Waals surface area contributed by atoms with Crippen molar-refractivity contribution < 1.29 is 9.53 Å². The van der Waals surface area contributed by atoms with Gasteiger partial charge in [-0.25, -0.2) is 9.78 Å². The zero-order valence-corrected chi connectivity index (χ0v) is 14.4. The van der Waals surface area contributed by atoms with Gasteiger partial charge in [0.05, 0.1) is 0 Å². The van der Waals surface area contributed by atoms with Crippen LogP contribution in [0.15, 0.2) is 12.4 Å². The number of carbonyl (C=O) groups is 1. The van der Waals surface area contributed by atoms with E-state index in [0.717, 1.165) is 25.3 Å². The van der Waals surface area contributed by atoms with Crippen LogP contribution in [-0.4, -0.2) is 41.3 Å². The van der Waals surface area contributed by atoms with E-state index < -0.39 is 5.60 Å². The second kappa shape index (κ2) is 8.78. The Labute approximate surface area is 133 Å². The van der Waals surface area contributed by atoms with Crippen LogP contribution in [0.2, 0.25) is 0 Å². The predicted octanol–water partition coefficient (Wildman–Crippen LogP) is 2.34. The van der Waals surface area contributed by atoms with Crippen molar-refractivity contribution in [3.05, 3.63) is 18.2 Å². The third kappa shape index (κ3) is 8.02. The van der Waals surface area contributed by atoms with Gasteiger partial charge in [0.15, 0.2) is 0 Å². The highest BCUT2D eigenvalue weighted by Crippen LogP contribution is 2.10. The number of H-pyrrole nitrogens is 1. The molecule has 0 aromatic carbocycles. The topological polar surface area (TPSA) is 79.0 Å². The Bertz CT molecular complexity index is 424. The molecule has 6 nitrogen and oxygen atoms in total. The van der Waals surface area contributed by atoms with Gasteiger partial charge < -0.3 is 20.4 Å². The molecule has 1 amide bonds. The van der Waals surface area contributed by atoms with Gasteiger partial charge >= 0.3 is 6.09 Å². The number of imidazole rings is 1. The van der Waals surface area contributed by atoms with Crippen LogP contribution >= 0.6 is 0 Å². The van der Waals surface area contributed by atoms with Crippen LogP contribution in [0.1, 0.15) is 40.4 Å². The van der Waals surface area contributed by atoms with Crippen LogP contribution in [0.4, 0.5) is 4.79 Å². The summed E-state index contributed by atoms with van der Waals surface area (Å²) in [7, 11) is 0. The zero-order chi connectivity index (χ0) is 16.6. The first kappa shape index (κ1) is 18.5. The lowest BCUT2D eigenvalue weighted by atomic mass is 9.96. The number of hydrogen-bond donors (Lipinski definition) is 3. The monoisotopic (exact) mass is 310 g/mol. The van der Waals surface area contributed by atoms with Gasteiger partial charge in [-0.1, -0.05) is 13.8 Å². The molecule has 1 aromatic heterocycles. The van der Waals surface area contributed by atoms with Gasteiger partial charge in [-0.05, 0) is 39.2 Å². The Morgan fingerprint density at radius 2 is 2.09 bits per heavy atom. The molecule has 1 aromatic rings. The summed E-state index contributed by atoms with van der Waals surface area (Å²) in [6.45, 7) is 12.2. The van der Waals surface area contributed by atoms with Crippen LogP contribution in [-0.2, 0) is 11.2 Å². The molecule has 126 valence electrons. The minimum Gasteiger partial charge on any atom is -0.444 e. The minimum absolute atomic E-state index is 0.353. The molecular weight excluding hydrogens is 280 g/mol. The van der Waals surface area contributed by atoms with E-state index in [1.807, 2.05) is 27.0 Å². The lowest BCUT2D eigenvalue weighted by molar-refractivity contribution is 0.0515. The molecule has 0 saturated carbocycles. The molecule has 1 atom stereocenters. The summed E-state index contributed by atoms with van der Waals surface area (Å²) >= 11 is 0. The van der Waals surface area contributed by atoms with E-state index in [-0.39, 0.29) is 6.09 Å². The first-order chi connectivity index (χ1) is 10.3. The smallest absolute Gasteiger partial charge is 0.407 e. The number of rotatable bonds is 8. The number of carbonyl (C=O) groups excluding carboxylic acids is 1. The number of alkyl carbamates (subject to hydrolysis) is 1. The fourth-order valence-corrected chi connectivity index (χ4v) is 2.00. The zero-order valence-electron chi connectivity index (χ0n) is 14.4. The normalized spacial score (nSPS) is 13.2. The second-order valence-electron chi connectivity index (χ2n) is 6.88. The molecule has 0 bridgehead atoms. The fourth-order valence-electron chi connectivity index (χ4n) is 2.00. The number of amides is 1. The molecule has 0 aliphatic heterocycles. The van der Waals surface area contributed by atoms with Crippen LogP contribution in [0, 0.1) is 11.8 Å². The molecule has 0 fully saturated rings. The molecule has 1 rings (SSSR count). The number of nitrogens with zero attached hydrogens (tertiary/aromatic N) is 1. The van der Waals surface area contributed by atoms with E-state index in [0.29, 0.717) is 18.4 Å². The van der Waals surface area contributed by atoms with Crippen molar-refractivity contribution in [3.8, 4) is 0 Å². The molecule has 3 N–H and O–H groups in total. The standard InChI is InChI=1S/C16H30N4O2/c1-12(2)13(11-20-15(21)22-16(3,4)5)10-17-7-6-14-18-8-9-19-14/h8-9,12-13,17H,6-7,10-11H2,1-5H3,(H,18,19)(H,20,21). The second-order valence-corrected chi connectivity index (χ2v) is 6.88. The number of nitrogens with one attached hydrogen (secondary N) is 3. The number of hydrogen-bond acceptors (Lipinski definition) is 4. The molecule has 0 radical (unpaired) electrons. The largest absolute Gasteiger partial charge is 0.444 e. The third-order valence-corrected chi connectivity index (χ3v) is 3.35. The van der Waals surface area contributed by atoms with Gasteiger partial charge in [-0.2, -0.15) is 0 Å². The van der Waals surface area contributed by atoms with E-state index in [9.17, 15) is 4.79 Å². The maximum Gasteiger partial charge on any atom is 0.407 e. The third-order valence-electron chi connectivity index (χ3n) is 3.35. The maximum absolute atomic E-state index is 11.7.